The first-order valence-electron chi connectivity index (χ1n) is 15.7. The number of carbonyl (C=O) groups is 1. The Morgan fingerprint density at radius 3 is 2.43 bits per heavy atom. The van der Waals surface area contributed by atoms with Gasteiger partial charge in [-0.25, -0.2) is 13.4 Å². The number of hydrogen-bond donors (Lipinski definition) is 2. The molecule has 3 aromatic rings. The van der Waals surface area contributed by atoms with Crippen molar-refractivity contribution < 1.29 is 35.9 Å². The van der Waals surface area contributed by atoms with Gasteiger partial charge in [-0.3, -0.25) is 14.0 Å². The van der Waals surface area contributed by atoms with Gasteiger partial charge in [-0.15, -0.1) is 0 Å². The van der Waals surface area contributed by atoms with Crippen LogP contribution in [0.15, 0.2) is 42.6 Å². The first-order valence-corrected chi connectivity index (χ1v) is 17.6. The molecule has 2 aliphatic rings. The molecule has 0 unspecified atom stereocenters. The van der Waals surface area contributed by atoms with E-state index in [1.54, 1.807) is 31.2 Å². The molecule has 13 nitrogen and oxygen atoms in total. The Labute approximate surface area is 284 Å². The Morgan fingerprint density at radius 1 is 1.06 bits per heavy atom. The molecule has 2 aliphatic heterocycles. The second-order valence-corrected chi connectivity index (χ2v) is 13.9. The molecule has 0 aliphatic carbocycles. The van der Waals surface area contributed by atoms with E-state index in [2.05, 4.69) is 30.4 Å². The summed E-state index contributed by atoms with van der Waals surface area (Å²) < 4.78 is 78.4. The van der Waals surface area contributed by atoms with Crippen molar-refractivity contribution in [2.75, 3.05) is 99.3 Å². The number of aromatic nitrogens is 2. The lowest BCUT2D eigenvalue weighted by atomic mass is 10.1. The van der Waals surface area contributed by atoms with Crippen molar-refractivity contribution in [3.63, 3.8) is 0 Å². The summed E-state index contributed by atoms with van der Waals surface area (Å²) in [6.45, 7) is 7.22. The van der Waals surface area contributed by atoms with Gasteiger partial charge >= 0.3 is 6.18 Å². The van der Waals surface area contributed by atoms with Crippen LogP contribution in [0.2, 0.25) is 0 Å². The minimum Gasteiger partial charge on any atom is -0.494 e. The Kier molecular flexibility index (Phi) is 11.0. The van der Waals surface area contributed by atoms with Gasteiger partial charge in [0.2, 0.25) is 21.9 Å². The predicted octanol–water partition coefficient (Wildman–Crippen LogP) is 3.54. The van der Waals surface area contributed by atoms with Crippen LogP contribution >= 0.6 is 0 Å². The van der Waals surface area contributed by atoms with Crippen LogP contribution in [-0.2, 0) is 32.3 Å². The molecule has 0 atom stereocenters. The lowest BCUT2D eigenvalue weighted by Crippen LogP contribution is -2.51. The van der Waals surface area contributed by atoms with Crippen LogP contribution in [0.25, 0.3) is 0 Å². The summed E-state index contributed by atoms with van der Waals surface area (Å²) in [6, 6.07) is 10.5. The average molecular weight is 707 g/mol. The molecule has 0 spiro atoms. The van der Waals surface area contributed by atoms with Crippen LogP contribution in [0.1, 0.15) is 16.7 Å². The number of methoxy groups -OCH3 is 1. The zero-order chi connectivity index (χ0) is 35.3. The predicted molar refractivity (Wildman–Crippen MR) is 181 cm³/mol. The maximum atomic E-state index is 14.0. The van der Waals surface area contributed by atoms with Crippen molar-refractivity contribution in [2.45, 2.75) is 19.6 Å². The summed E-state index contributed by atoms with van der Waals surface area (Å²) in [5.41, 5.74) is 1.85. The van der Waals surface area contributed by atoms with E-state index in [-0.39, 0.29) is 18.4 Å². The van der Waals surface area contributed by atoms with E-state index < -0.39 is 27.6 Å². The van der Waals surface area contributed by atoms with Gasteiger partial charge in [0.05, 0.1) is 44.5 Å². The standard InChI is InChI=1S/C32H41F3N8O5S/c1-22-5-6-23(27(17-22)40(2)49(4,45)46)19-36-30-25(32(33,34)35)20-37-31(39-30)38-26-8-7-24(18-28(26)47-3)42-11-9-41(10-12-42)21-29(44)43-13-15-48-16-14-43/h5-8,17-18,20H,9-16,19,21H2,1-4H3,(H2,36,37,38,39). The fourth-order valence-corrected chi connectivity index (χ4v) is 6.15. The van der Waals surface area contributed by atoms with Crippen LogP contribution in [0.5, 0.6) is 5.75 Å². The maximum Gasteiger partial charge on any atom is 0.421 e. The maximum absolute atomic E-state index is 14.0. The molecule has 49 heavy (non-hydrogen) atoms. The van der Waals surface area contributed by atoms with Crippen LogP contribution in [-0.4, -0.2) is 114 Å². The van der Waals surface area contributed by atoms with E-state index in [9.17, 15) is 26.4 Å². The molecule has 2 fully saturated rings. The van der Waals surface area contributed by atoms with E-state index in [1.165, 1.54) is 14.2 Å². The summed E-state index contributed by atoms with van der Waals surface area (Å²) in [4.78, 5) is 26.9. The molecule has 266 valence electrons. The number of halogens is 3. The third-order valence-electron chi connectivity index (χ3n) is 8.51. The summed E-state index contributed by atoms with van der Waals surface area (Å²) in [5, 5.41) is 5.71. The summed E-state index contributed by atoms with van der Waals surface area (Å²) >= 11 is 0. The second kappa shape index (κ2) is 15.0. The number of amides is 1. The fraction of sp³-hybridized carbons (Fsp3) is 0.469. The molecule has 3 heterocycles. The molecule has 17 heteroatoms. The summed E-state index contributed by atoms with van der Waals surface area (Å²) in [5.74, 6) is -0.0257. The highest BCUT2D eigenvalue weighted by Crippen LogP contribution is 2.36. The molecule has 0 saturated carbocycles. The largest absolute Gasteiger partial charge is 0.494 e. The first-order chi connectivity index (χ1) is 23.2. The van der Waals surface area contributed by atoms with Gasteiger partial charge in [-0.1, -0.05) is 12.1 Å². The Morgan fingerprint density at radius 2 is 1.78 bits per heavy atom. The smallest absolute Gasteiger partial charge is 0.421 e. The highest BCUT2D eigenvalue weighted by atomic mass is 32.2. The molecule has 2 aromatic carbocycles. The number of hydrogen-bond acceptors (Lipinski definition) is 11. The molecule has 2 N–H and O–H groups in total. The van der Waals surface area contributed by atoms with Gasteiger partial charge in [0.15, 0.2) is 0 Å². The third kappa shape index (κ3) is 9.01. The number of morpholine rings is 1. The second-order valence-electron chi connectivity index (χ2n) is 11.9. The zero-order valence-electron chi connectivity index (χ0n) is 27.9. The molecule has 0 radical (unpaired) electrons. The van der Waals surface area contributed by atoms with Gasteiger partial charge in [0.25, 0.3) is 0 Å². The average Bonchev–Trinajstić information content (AvgIpc) is 3.07. The molecule has 1 aromatic heterocycles. The number of piperazine rings is 1. The van der Waals surface area contributed by atoms with Crippen LogP contribution < -0.4 is 24.6 Å². The van der Waals surface area contributed by atoms with Gasteiger partial charge in [0.1, 0.15) is 17.1 Å². The minimum atomic E-state index is -4.75. The zero-order valence-corrected chi connectivity index (χ0v) is 28.7. The Bertz CT molecular complexity index is 1750. The topological polar surface area (TPSA) is 132 Å². The Hall–Kier alpha value is -4.35. The third-order valence-corrected chi connectivity index (χ3v) is 9.70. The van der Waals surface area contributed by atoms with Crippen molar-refractivity contribution in [1.29, 1.82) is 0 Å². The number of carbonyl (C=O) groups excluding carboxylic acids is 1. The van der Waals surface area contributed by atoms with Crippen LogP contribution in [0.3, 0.4) is 0 Å². The highest BCUT2D eigenvalue weighted by molar-refractivity contribution is 7.92. The van der Waals surface area contributed by atoms with Crippen molar-refractivity contribution >= 4 is 44.8 Å². The molecule has 0 bridgehead atoms. The number of ether oxygens (including phenoxy) is 2. The first kappa shape index (κ1) is 35.9. The van der Waals surface area contributed by atoms with E-state index in [0.29, 0.717) is 87.9 Å². The van der Waals surface area contributed by atoms with Crippen molar-refractivity contribution in [2.24, 2.45) is 0 Å². The number of rotatable bonds is 11. The normalized spacial score (nSPS) is 16.0. The fourth-order valence-electron chi connectivity index (χ4n) is 5.63. The Balaban J connectivity index is 1.28. The number of benzene rings is 2. The van der Waals surface area contributed by atoms with Gasteiger partial charge < -0.3 is 29.9 Å². The van der Waals surface area contributed by atoms with Crippen molar-refractivity contribution in [3.8, 4) is 5.75 Å². The number of nitrogens with zero attached hydrogens (tertiary/aromatic N) is 6. The molecule has 1 amide bonds. The van der Waals surface area contributed by atoms with Crippen LogP contribution in [0, 0.1) is 6.92 Å². The van der Waals surface area contributed by atoms with Gasteiger partial charge in [-0.2, -0.15) is 18.2 Å². The lowest BCUT2D eigenvalue weighted by Gasteiger charge is -2.37. The van der Waals surface area contributed by atoms with Crippen molar-refractivity contribution in [3.05, 3.63) is 59.3 Å². The number of alkyl halides is 3. The van der Waals surface area contributed by atoms with E-state index in [1.807, 2.05) is 17.0 Å². The quantitative estimate of drug-likeness (QED) is 0.304. The minimum absolute atomic E-state index is 0.0996. The van der Waals surface area contributed by atoms with Gasteiger partial charge in [0, 0.05) is 70.8 Å². The SMILES string of the molecule is COc1cc(N2CCN(CC(=O)N3CCOCC3)CC2)ccc1Nc1ncc(C(F)(F)F)c(NCc2ccc(C)cc2N(C)S(C)(=O)=O)n1. The number of sulfonamides is 1. The number of aryl methyl sites for hydroxylation is 1. The summed E-state index contributed by atoms with van der Waals surface area (Å²) in [6.07, 6.45) is -3.00. The van der Waals surface area contributed by atoms with E-state index >= 15 is 0 Å². The van der Waals surface area contributed by atoms with E-state index in [0.717, 1.165) is 21.8 Å². The van der Waals surface area contributed by atoms with Gasteiger partial charge in [-0.05, 0) is 36.2 Å². The summed E-state index contributed by atoms with van der Waals surface area (Å²) in [7, 11) is -0.746. The van der Waals surface area contributed by atoms with E-state index in [4.69, 9.17) is 9.47 Å². The molecular weight excluding hydrogens is 665 g/mol. The monoisotopic (exact) mass is 706 g/mol. The number of anilines is 5. The number of nitrogens with one attached hydrogen (secondary N) is 2. The highest BCUT2D eigenvalue weighted by Gasteiger charge is 2.35. The lowest BCUT2D eigenvalue weighted by molar-refractivity contribution is -0.137. The molecule has 5 rings (SSSR count). The molecule has 2 saturated heterocycles. The van der Waals surface area contributed by atoms with Crippen LogP contribution in [0.4, 0.5) is 42.0 Å². The van der Waals surface area contributed by atoms with Crippen molar-refractivity contribution in [1.82, 2.24) is 19.8 Å². The molecular formula is C32H41F3N8O5S.